The lowest BCUT2D eigenvalue weighted by molar-refractivity contribution is -0.147. The van der Waals surface area contributed by atoms with E-state index in [0.29, 0.717) is 22.0 Å². The predicted octanol–water partition coefficient (Wildman–Crippen LogP) is 3.73. The standard InChI is InChI=1S/C22H23ClN2O6/c1-14-6-9-16(23)12-18(14)25-20(27)13-31-21(28)5-3-4-19(26)24-17-10-7-15(8-11-17)22(29)30-2/h6-12H,3-5,13H2,1-2H3,(H,24,26)(H,25,27). The lowest BCUT2D eigenvalue weighted by atomic mass is 10.2. The maximum absolute atomic E-state index is 12.0. The molecule has 0 atom stereocenters. The van der Waals surface area contributed by atoms with Gasteiger partial charge in [0.25, 0.3) is 5.91 Å². The van der Waals surface area contributed by atoms with E-state index in [-0.39, 0.29) is 25.2 Å². The summed E-state index contributed by atoms with van der Waals surface area (Å²) < 4.78 is 9.54. The Labute approximate surface area is 184 Å². The first-order valence-electron chi connectivity index (χ1n) is 9.48. The summed E-state index contributed by atoms with van der Waals surface area (Å²) >= 11 is 5.90. The minimum Gasteiger partial charge on any atom is -0.465 e. The van der Waals surface area contributed by atoms with Crippen molar-refractivity contribution in [2.75, 3.05) is 24.4 Å². The number of halogens is 1. The van der Waals surface area contributed by atoms with E-state index in [1.54, 1.807) is 30.3 Å². The molecule has 2 aromatic rings. The van der Waals surface area contributed by atoms with Crippen molar-refractivity contribution in [3.05, 3.63) is 58.6 Å². The SMILES string of the molecule is COC(=O)c1ccc(NC(=O)CCCC(=O)OCC(=O)Nc2cc(Cl)ccc2C)cc1. The van der Waals surface area contributed by atoms with Crippen LogP contribution in [0.2, 0.25) is 5.02 Å². The Morgan fingerprint density at radius 2 is 1.65 bits per heavy atom. The van der Waals surface area contributed by atoms with E-state index in [2.05, 4.69) is 15.4 Å². The fourth-order valence-corrected chi connectivity index (χ4v) is 2.73. The molecular weight excluding hydrogens is 424 g/mol. The number of amides is 2. The lowest BCUT2D eigenvalue weighted by Crippen LogP contribution is -2.21. The highest BCUT2D eigenvalue weighted by molar-refractivity contribution is 6.31. The second kappa shape index (κ2) is 11.7. The number of aryl methyl sites for hydroxylation is 1. The van der Waals surface area contributed by atoms with Gasteiger partial charge in [0.1, 0.15) is 0 Å². The van der Waals surface area contributed by atoms with E-state index in [1.807, 2.05) is 6.92 Å². The van der Waals surface area contributed by atoms with Crippen molar-refractivity contribution in [2.24, 2.45) is 0 Å². The summed E-state index contributed by atoms with van der Waals surface area (Å²) in [5, 5.41) is 5.78. The van der Waals surface area contributed by atoms with Crippen LogP contribution >= 0.6 is 11.6 Å². The summed E-state index contributed by atoms with van der Waals surface area (Å²) in [5.41, 5.74) is 2.27. The van der Waals surface area contributed by atoms with Crippen molar-refractivity contribution >= 4 is 46.7 Å². The van der Waals surface area contributed by atoms with Crippen LogP contribution in [-0.4, -0.2) is 37.5 Å². The van der Waals surface area contributed by atoms with Crippen molar-refractivity contribution in [2.45, 2.75) is 26.2 Å². The van der Waals surface area contributed by atoms with E-state index in [0.717, 1.165) is 5.56 Å². The second-order valence-corrected chi connectivity index (χ2v) is 7.08. The van der Waals surface area contributed by atoms with Crippen molar-refractivity contribution in [3.8, 4) is 0 Å². The number of esters is 2. The van der Waals surface area contributed by atoms with Crippen LogP contribution in [0.1, 0.15) is 35.2 Å². The summed E-state index contributed by atoms with van der Waals surface area (Å²) in [5.74, 6) is -1.80. The predicted molar refractivity (Wildman–Crippen MR) is 116 cm³/mol. The van der Waals surface area contributed by atoms with Gasteiger partial charge in [-0.3, -0.25) is 14.4 Å². The van der Waals surface area contributed by atoms with Gasteiger partial charge in [0.05, 0.1) is 12.7 Å². The minimum absolute atomic E-state index is 0.00181. The Morgan fingerprint density at radius 1 is 0.935 bits per heavy atom. The van der Waals surface area contributed by atoms with Gasteiger partial charge in [0.2, 0.25) is 5.91 Å². The molecule has 0 saturated heterocycles. The number of carbonyl (C=O) groups is 4. The molecule has 0 saturated carbocycles. The van der Waals surface area contributed by atoms with Crippen LogP contribution in [0.15, 0.2) is 42.5 Å². The van der Waals surface area contributed by atoms with Gasteiger partial charge in [0.15, 0.2) is 6.61 Å². The van der Waals surface area contributed by atoms with Crippen LogP contribution in [0.5, 0.6) is 0 Å². The quantitative estimate of drug-likeness (QED) is 0.568. The Kier molecular flexibility index (Phi) is 9.02. The normalized spacial score (nSPS) is 10.2. The van der Waals surface area contributed by atoms with Crippen LogP contribution in [0.25, 0.3) is 0 Å². The molecule has 0 bridgehead atoms. The number of hydrogen-bond donors (Lipinski definition) is 2. The van der Waals surface area contributed by atoms with Gasteiger partial charge in [-0.1, -0.05) is 17.7 Å². The van der Waals surface area contributed by atoms with Gasteiger partial charge in [-0.2, -0.15) is 0 Å². The zero-order chi connectivity index (χ0) is 22.8. The Bertz CT molecular complexity index is 959. The lowest BCUT2D eigenvalue weighted by Gasteiger charge is -2.09. The first-order chi connectivity index (χ1) is 14.8. The maximum Gasteiger partial charge on any atom is 0.337 e. The third kappa shape index (κ3) is 8.10. The number of carbonyl (C=O) groups excluding carboxylic acids is 4. The fraction of sp³-hybridized carbons (Fsp3) is 0.273. The molecule has 9 heteroatoms. The number of ether oxygens (including phenoxy) is 2. The number of methoxy groups -OCH3 is 1. The van der Waals surface area contributed by atoms with Crippen LogP contribution in [0.4, 0.5) is 11.4 Å². The molecule has 0 fully saturated rings. The highest BCUT2D eigenvalue weighted by Crippen LogP contribution is 2.20. The number of hydrogen-bond acceptors (Lipinski definition) is 6. The number of anilines is 2. The summed E-state index contributed by atoms with van der Waals surface area (Å²) in [6.07, 6.45) is 0.361. The molecule has 0 unspecified atom stereocenters. The number of rotatable bonds is 9. The fourth-order valence-electron chi connectivity index (χ4n) is 2.56. The Balaban J connectivity index is 1.67. The molecule has 31 heavy (non-hydrogen) atoms. The van der Waals surface area contributed by atoms with Gasteiger partial charge in [-0.25, -0.2) is 4.79 Å². The average Bonchev–Trinajstić information content (AvgIpc) is 2.75. The Morgan fingerprint density at radius 3 is 2.32 bits per heavy atom. The molecule has 8 nitrogen and oxygen atoms in total. The van der Waals surface area contributed by atoms with Gasteiger partial charge >= 0.3 is 11.9 Å². The van der Waals surface area contributed by atoms with E-state index < -0.39 is 24.5 Å². The molecule has 0 aliphatic rings. The van der Waals surface area contributed by atoms with Crippen LogP contribution in [-0.2, 0) is 23.9 Å². The summed E-state index contributed by atoms with van der Waals surface area (Å²) in [7, 11) is 1.29. The van der Waals surface area contributed by atoms with Gasteiger partial charge in [-0.15, -0.1) is 0 Å². The smallest absolute Gasteiger partial charge is 0.337 e. The third-order valence-corrected chi connectivity index (χ3v) is 4.45. The molecule has 2 rings (SSSR count). The van der Waals surface area contributed by atoms with Gasteiger partial charge in [0, 0.05) is 29.2 Å². The molecule has 0 aliphatic carbocycles. The minimum atomic E-state index is -0.576. The first-order valence-corrected chi connectivity index (χ1v) is 9.86. The second-order valence-electron chi connectivity index (χ2n) is 6.64. The zero-order valence-electron chi connectivity index (χ0n) is 17.2. The van der Waals surface area contributed by atoms with Crippen LogP contribution in [0, 0.1) is 6.92 Å². The van der Waals surface area contributed by atoms with Crippen molar-refractivity contribution < 1.29 is 28.7 Å². The van der Waals surface area contributed by atoms with Crippen LogP contribution in [0.3, 0.4) is 0 Å². The summed E-state index contributed by atoms with van der Waals surface area (Å²) in [6, 6.07) is 11.3. The molecule has 0 heterocycles. The molecule has 0 radical (unpaired) electrons. The van der Waals surface area contributed by atoms with E-state index in [4.69, 9.17) is 16.3 Å². The van der Waals surface area contributed by atoms with E-state index >= 15 is 0 Å². The number of nitrogens with one attached hydrogen (secondary N) is 2. The molecule has 164 valence electrons. The molecular formula is C22H23ClN2O6. The van der Waals surface area contributed by atoms with Crippen molar-refractivity contribution in [1.82, 2.24) is 0 Å². The number of benzene rings is 2. The first kappa shape index (κ1) is 23.9. The molecule has 0 aliphatic heterocycles. The van der Waals surface area contributed by atoms with Crippen molar-refractivity contribution in [1.29, 1.82) is 0 Å². The monoisotopic (exact) mass is 446 g/mol. The molecule has 2 N–H and O–H groups in total. The molecule has 0 aromatic heterocycles. The maximum atomic E-state index is 12.0. The topological polar surface area (TPSA) is 111 Å². The Hall–Kier alpha value is -3.39. The molecule has 2 amide bonds. The largest absolute Gasteiger partial charge is 0.465 e. The van der Waals surface area contributed by atoms with E-state index in [1.165, 1.54) is 19.2 Å². The van der Waals surface area contributed by atoms with Gasteiger partial charge < -0.3 is 20.1 Å². The highest BCUT2D eigenvalue weighted by atomic mass is 35.5. The van der Waals surface area contributed by atoms with Crippen LogP contribution < -0.4 is 10.6 Å². The van der Waals surface area contributed by atoms with Crippen molar-refractivity contribution in [3.63, 3.8) is 0 Å². The van der Waals surface area contributed by atoms with Gasteiger partial charge in [-0.05, 0) is 55.3 Å². The highest BCUT2D eigenvalue weighted by Gasteiger charge is 2.11. The summed E-state index contributed by atoms with van der Waals surface area (Å²) in [4.78, 5) is 47.1. The molecule has 2 aromatic carbocycles. The third-order valence-electron chi connectivity index (χ3n) is 4.21. The molecule has 0 spiro atoms. The summed E-state index contributed by atoms with van der Waals surface area (Å²) in [6.45, 7) is 1.39. The van der Waals surface area contributed by atoms with E-state index in [9.17, 15) is 19.2 Å². The average molecular weight is 447 g/mol. The zero-order valence-corrected chi connectivity index (χ0v) is 18.0.